The van der Waals surface area contributed by atoms with Gasteiger partial charge in [-0.25, -0.2) is 9.67 Å². The molecule has 2 N–H and O–H groups in total. The second kappa shape index (κ2) is 7.80. The molecule has 2 aromatic heterocycles. The minimum absolute atomic E-state index is 0.255. The molecule has 27 heavy (non-hydrogen) atoms. The minimum atomic E-state index is -0.436. The Kier molecular flexibility index (Phi) is 5.64. The largest absolute Gasteiger partial charge is 0.466 e. The van der Waals surface area contributed by atoms with Gasteiger partial charge in [-0.1, -0.05) is 34.8 Å². The Morgan fingerprint density at radius 1 is 1.19 bits per heavy atom. The van der Waals surface area contributed by atoms with Crippen molar-refractivity contribution in [3.8, 4) is 5.88 Å². The highest BCUT2D eigenvalue weighted by atomic mass is 35.5. The van der Waals surface area contributed by atoms with Crippen LogP contribution in [0.1, 0.15) is 11.3 Å². The summed E-state index contributed by atoms with van der Waals surface area (Å²) in [6.45, 7) is 3.60. The Hall–Kier alpha value is -2.22. The predicted octanol–water partition coefficient (Wildman–Crippen LogP) is 4.07. The number of anilines is 1. The average Bonchev–Trinajstić information content (AvgIpc) is 2.88. The van der Waals surface area contributed by atoms with Gasteiger partial charge in [-0.3, -0.25) is 15.6 Å². The molecule has 0 aliphatic heterocycles. The highest BCUT2D eigenvalue weighted by molar-refractivity contribution is 6.41. The highest BCUT2D eigenvalue weighted by Crippen LogP contribution is 2.33. The smallest absolute Gasteiger partial charge is 0.276 e. The van der Waals surface area contributed by atoms with E-state index in [0.29, 0.717) is 22.2 Å². The van der Waals surface area contributed by atoms with Crippen LogP contribution < -0.4 is 15.6 Å². The average molecular weight is 429 g/mol. The fourth-order valence-electron chi connectivity index (χ4n) is 2.61. The fraction of sp³-hybridized carbons (Fsp3) is 0.235. The SMILES string of the molecule is Cc1cc(C)c2c(OCC(=O)NNc3c(Cl)cc(Cl)cc3Cl)nn(C)c2n1. The minimum Gasteiger partial charge on any atom is -0.466 e. The van der Waals surface area contributed by atoms with Crippen LogP contribution in [0.4, 0.5) is 5.69 Å². The van der Waals surface area contributed by atoms with Crippen molar-refractivity contribution in [2.75, 3.05) is 12.0 Å². The quantitative estimate of drug-likeness (QED) is 0.599. The van der Waals surface area contributed by atoms with E-state index in [9.17, 15) is 4.79 Å². The number of carbonyl (C=O) groups is 1. The maximum absolute atomic E-state index is 12.1. The van der Waals surface area contributed by atoms with E-state index in [4.69, 9.17) is 39.5 Å². The van der Waals surface area contributed by atoms with Gasteiger partial charge in [-0.05, 0) is 37.6 Å². The summed E-state index contributed by atoms with van der Waals surface area (Å²) in [6.07, 6.45) is 0. The molecule has 1 amide bonds. The van der Waals surface area contributed by atoms with Gasteiger partial charge in [0.25, 0.3) is 5.91 Å². The molecule has 0 saturated carbocycles. The predicted molar refractivity (Wildman–Crippen MR) is 107 cm³/mol. The second-order valence-corrected chi connectivity index (χ2v) is 7.17. The van der Waals surface area contributed by atoms with Crippen LogP contribution in [0.3, 0.4) is 0 Å². The number of carbonyl (C=O) groups excluding carboxylic acids is 1. The molecule has 1 aromatic carbocycles. The maximum atomic E-state index is 12.1. The van der Waals surface area contributed by atoms with Crippen molar-refractivity contribution in [3.63, 3.8) is 0 Å². The van der Waals surface area contributed by atoms with Gasteiger partial charge < -0.3 is 4.74 Å². The number of hydrogen-bond donors (Lipinski definition) is 2. The Bertz CT molecular complexity index is 1010. The number of amides is 1. The van der Waals surface area contributed by atoms with Gasteiger partial charge in [-0.2, -0.15) is 0 Å². The normalized spacial score (nSPS) is 10.9. The zero-order valence-electron chi connectivity index (χ0n) is 14.7. The number of halogens is 3. The molecule has 0 aliphatic carbocycles. The number of nitrogens with zero attached hydrogens (tertiary/aromatic N) is 3. The van der Waals surface area contributed by atoms with Gasteiger partial charge in [0.05, 0.1) is 21.1 Å². The number of benzene rings is 1. The van der Waals surface area contributed by atoms with Crippen molar-refractivity contribution >= 4 is 57.4 Å². The van der Waals surface area contributed by atoms with Crippen molar-refractivity contribution in [1.82, 2.24) is 20.2 Å². The summed E-state index contributed by atoms with van der Waals surface area (Å²) >= 11 is 18.0. The lowest BCUT2D eigenvalue weighted by molar-refractivity contribution is -0.122. The first-order valence-electron chi connectivity index (χ1n) is 7.89. The molecular weight excluding hydrogens is 413 g/mol. The molecular formula is C17H16Cl3N5O2. The van der Waals surface area contributed by atoms with Crippen molar-refractivity contribution in [3.05, 3.63) is 44.5 Å². The molecule has 0 unspecified atom stereocenters. The van der Waals surface area contributed by atoms with Crippen LogP contribution in [0.2, 0.25) is 15.1 Å². The lowest BCUT2D eigenvalue weighted by Gasteiger charge is -2.12. The molecule has 0 radical (unpaired) electrons. The number of fused-ring (bicyclic) bond motifs is 1. The van der Waals surface area contributed by atoms with Crippen LogP contribution >= 0.6 is 34.8 Å². The topological polar surface area (TPSA) is 81.1 Å². The molecule has 0 saturated heterocycles. The van der Waals surface area contributed by atoms with Gasteiger partial charge in [-0.15, -0.1) is 5.10 Å². The first-order valence-corrected chi connectivity index (χ1v) is 9.03. The molecule has 0 atom stereocenters. The van der Waals surface area contributed by atoms with Crippen LogP contribution in [0, 0.1) is 13.8 Å². The van der Waals surface area contributed by atoms with E-state index < -0.39 is 5.91 Å². The van der Waals surface area contributed by atoms with E-state index in [0.717, 1.165) is 16.6 Å². The monoisotopic (exact) mass is 427 g/mol. The van der Waals surface area contributed by atoms with Gasteiger partial charge in [0, 0.05) is 17.8 Å². The molecule has 2 heterocycles. The van der Waals surface area contributed by atoms with Crippen molar-refractivity contribution in [2.24, 2.45) is 7.05 Å². The number of pyridine rings is 1. The van der Waals surface area contributed by atoms with E-state index in [1.165, 1.54) is 12.1 Å². The van der Waals surface area contributed by atoms with Crippen LogP contribution in [0.15, 0.2) is 18.2 Å². The number of hydrogen-bond acceptors (Lipinski definition) is 5. The van der Waals surface area contributed by atoms with Crippen molar-refractivity contribution in [2.45, 2.75) is 13.8 Å². The zero-order valence-corrected chi connectivity index (χ0v) is 17.0. The number of hydrazine groups is 1. The summed E-state index contributed by atoms with van der Waals surface area (Å²) in [4.78, 5) is 16.6. The third-order valence-corrected chi connectivity index (χ3v) is 4.57. The van der Waals surface area contributed by atoms with Crippen molar-refractivity contribution < 1.29 is 9.53 Å². The first-order chi connectivity index (χ1) is 12.8. The summed E-state index contributed by atoms with van der Waals surface area (Å²) in [5.74, 6) is -0.0937. The Morgan fingerprint density at radius 3 is 2.52 bits per heavy atom. The van der Waals surface area contributed by atoms with Gasteiger partial charge in [0.1, 0.15) is 0 Å². The van der Waals surface area contributed by atoms with Crippen LogP contribution in [0.25, 0.3) is 11.0 Å². The highest BCUT2D eigenvalue weighted by Gasteiger charge is 2.16. The number of rotatable bonds is 5. The van der Waals surface area contributed by atoms with Gasteiger partial charge in [0.15, 0.2) is 12.3 Å². The molecule has 0 bridgehead atoms. The van der Waals surface area contributed by atoms with Crippen LogP contribution in [0.5, 0.6) is 5.88 Å². The van der Waals surface area contributed by atoms with E-state index in [1.54, 1.807) is 11.7 Å². The Balaban J connectivity index is 1.68. The van der Waals surface area contributed by atoms with E-state index in [-0.39, 0.29) is 16.7 Å². The lowest BCUT2D eigenvalue weighted by Crippen LogP contribution is -2.33. The van der Waals surface area contributed by atoms with E-state index >= 15 is 0 Å². The third-order valence-electron chi connectivity index (χ3n) is 3.76. The van der Waals surface area contributed by atoms with Gasteiger partial charge in [0.2, 0.25) is 5.88 Å². The molecule has 0 aliphatic rings. The van der Waals surface area contributed by atoms with Crippen molar-refractivity contribution in [1.29, 1.82) is 0 Å². The van der Waals surface area contributed by atoms with E-state index in [2.05, 4.69) is 20.9 Å². The van der Waals surface area contributed by atoms with Crippen LogP contribution in [-0.2, 0) is 11.8 Å². The number of nitrogens with one attached hydrogen (secondary N) is 2. The number of aromatic nitrogens is 3. The molecule has 0 fully saturated rings. The van der Waals surface area contributed by atoms with E-state index in [1.807, 2.05) is 19.9 Å². The molecule has 3 rings (SSSR count). The summed E-state index contributed by atoms with van der Waals surface area (Å²) in [6, 6.07) is 4.96. The third kappa shape index (κ3) is 4.21. The summed E-state index contributed by atoms with van der Waals surface area (Å²) in [7, 11) is 1.77. The second-order valence-electron chi connectivity index (χ2n) is 5.91. The molecule has 3 aromatic rings. The number of ether oxygens (including phenoxy) is 1. The molecule has 142 valence electrons. The summed E-state index contributed by atoms with van der Waals surface area (Å²) < 4.78 is 7.20. The summed E-state index contributed by atoms with van der Waals surface area (Å²) in [5.41, 5.74) is 8.03. The number of aryl methyl sites for hydroxylation is 3. The Morgan fingerprint density at radius 2 is 1.85 bits per heavy atom. The lowest BCUT2D eigenvalue weighted by atomic mass is 10.2. The maximum Gasteiger partial charge on any atom is 0.276 e. The molecule has 7 nitrogen and oxygen atoms in total. The first kappa shape index (κ1) is 19.5. The molecule has 10 heteroatoms. The Labute approximate surface area is 170 Å². The van der Waals surface area contributed by atoms with Gasteiger partial charge >= 0.3 is 0 Å². The molecule has 0 spiro atoms. The van der Waals surface area contributed by atoms with Crippen LogP contribution in [-0.4, -0.2) is 27.3 Å². The standard InChI is InChI=1S/C17H16Cl3N5O2/c1-8-4-9(2)21-16-14(8)17(24-25(16)3)27-7-13(26)22-23-15-11(19)5-10(18)6-12(15)20/h4-6,23H,7H2,1-3H3,(H,22,26). The summed E-state index contributed by atoms with van der Waals surface area (Å²) in [5, 5.41) is 6.02. The zero-order chi connectivity index (χ0) is 19.7. The fourth-order valence-corrected chi connectivity index (χ4v) is 3.53.